The molecule has 0 saturated carbocycles. The van der Waals surface area contributed by atoms with E-state index >= 15 is 0 Å². The van der Waals surface area contributed by atoms with Crippen molar-refractivity contribution in [1.29, 1.82) is 0 Å². The molecule has 1 N–H and O–H groups in total. The molecule has 0 spiro atoms. The topological polar surface area (TPSA) is 29.1 Å². The van der Waals surface area contributed by atoms with Gasteiger partial charge in [0.1, 0.15) is 0 Å². The molecule has 128 valence electrons. The Morgan fingerprint density at radius 3 is 2.38 bits per heavy atom. The van der Waals surface area contributed by atoms with Crippen LogP contribution in [0.3, 0.4) is 0 Å². The van der Waals surface area contributed by atoms with Gasteiger partial charge in [-0.15, -0.1) is 11.8 Å². The Labute approximate surface area is 154 Å². The van der Waals surface area contributed by atoms with Crippen LogP contribution in [0.2, 0.25) is 5.02 Å². The molecule has 2 rings (SSSR count). The number of benzene rings is 2. The van der Waals surface area contributed by atoms with Crippen LogP contribution in [0.1, 0.15) is 37.5 Å². The molecule has 0 saturated heterocycles. The van der Waals surface area contributed by atoms with Crippen molar-refractivity contribution in [2.75, 3.05) is 11.1 Å². The Bertz CT molecular complexity index is 705. The summed E-state index contributed by atoms with van der Waals surface area (Å²) in [5.74, 6) is 1.28. The molecule has 0 unspecified atom stereocenters. The predicted octanol–water partition coefficient (Wildman–Crippen LogP) is 5.82. The van der Waals surface area contributed by atoms with Crippen molar-refractivity contribution in [2.45, 2.75) is 38.9 Å². The number of halogens is 1. The van der Waals surface area contributed by atoms with E-state index in [1.54, 1.807) is 17.8 Å². The summed E-state index contributed by atoms with van der Waals surface area (Å²) in [6.45, 7) is 8.56. The minimum atomic E-state index is 0.0109. The largest absolute Gasteiger partial charge is 0.325 e. The zero-order valence-corrected chi connectivity index (χ0v) is 16.2. The fourth-order valence-corrected chi connectivity index (χ4v) is 3.33. The molecular formula is C20H24ClNOS. The minimum Gasteiger partial charge on any atom is -0.325 e. The van der Waals surface area contributed by atoms with Crippen molar-refractivity contribution in [3.05, 3.63) is 64.2 Å². The average Bonchev–Trinajstić information content (AvgIpc) is 2.50. The van der Waals surface area contributed by atoms with Gasteiger partial charge in [0.25, 0.3) is 0 Å². The van der Waals surface area contributed by atoms with E-state index in [-0.39, 0.29) is 11.3 Å². The van der Waals surface area contributed by atoms with Crippen molar-refractivity contribution in [1.82, 2.24) is 0 Å². The number of nitrogens with one attached hydrogen (secondary N) is 1. The summed E-state index contributed by atoms with van der Waals surface area (Å²) in [6, 6.07) is 14.1. The first kappa shape index (κ1) is 18.9. The lowest BCUT2D eigenvalue weighted by Gasteiger charge is -2.19. The number of rotatable bonds is 5. The fourth-order valence-electron chi connectivity index (χ4n) is 2.32. The second-order valence-corrected chi connectivity index (χ2v) is 8.37. The van der Waals surface area contributed by atoms with E-state index in [9.17, 15) is 4.79 Å². The highest BCUT2D eigenvalue weighted by atomic mass is 35.5. The van der Waals surface area contributed by atoms with Crippen LogP contribution in [0, 0.1) is 6.92 Å². The molecule has 0 radical (unpaired) electrons. The van der Waals surface area contributed by atoms with Crippen molar-refractivity contribution in [3.8, 4) is 0 Å². The van der Waals surface area contributed by atoms with Gasteiger partial charge in [-0.2, -0.15) is 0 Å². The van der Waals surface area contributed by atoms with Gasteiger partial charge in [0.05, 0.1) is 5.75 Å². The molecular weight excluding hydrogens is 338 g/mol. The Hall–Kier alpha value is -1.45. The standard InChI is InChI=1S/C20H24ClNOS/c1-14-11-17(21)9-10-18(14)22-19(23)13-24-12-15-5-7-16(8-6-15)20(2,3)4/h5-11H,12-13H2,1-4H3,(H,22,23). The van der Waals surface area contributed by atoms with Crippen molar-refractivity contribution < 1.29 is 4.79 Å². The summed E-state index contributed by atoms with van der Waals surface area (Å²) >= 11 is 7.55. The lowest BCUT2D eigenvalue weighted by Crippen LogP contribution is -2.15. The molecule has 0 aliphatic carbocycles. The van der Waals surface area contributed by atoms with Crippen molar-refractivity contribution >= 4 is 35.0 Å². The summed E-state index contributed by atoms with van der Waals surface area (Å²) in [4.78, 5) is 12.1. The van der Waals surface area contributed by atoms with E-state index in [2.05, 4.69) is 50.4 Å². The smallest absolute Gasteiger partial charge is 0.234 e. The molecule has 0 heterocycles. The molecule has 0 bridgehead atoms. The van der Waals surface area contributed by atoms with Crippen molar-refractivity contribution in [3.63, 3.8) is 0 Å². The molecule has 0 aliphatic heterocycles. The highest BCUT2D eigenvalue weighted by Gasteiger charge is 2.13. The van der Waals surface area contributed by atoms with Gasteiger partial charge in [-0.05, 0) is 47.2 Å². The van der Waals surface area contributed by atoms with E-state index in [0.717, 1.165) is 17.0 Å². The minimum absolute atomic E-state index is 0.0109. The SMILES string of the molecule is Cc1cc(Cl)ccc1NC(=O)CSCc1ccc(C(C)(C)C)cc1. The van der Waals surface area contributed by atoms with Gasteiger partial charge in [-0.25, -0.2) is 0 Å². The number of carbonyl (C=O) groups is 1. The molecule has 0 aliphatic rings. The Kier molecular flexibility index (Phi) is 6.36. The van der Waals surface area contributed by atoms with Gasteiger partial charge in [-0.1, -0.05) is 56.6 Å². The Morgan fingerprint density at radius 1 is 1.12 bits per heavy atom. The maximum Gasteiger partial charge on any atom is 0.234 e. The van der Waals surface area contributed by atoms with Gasteiger partial charge in [0.2, 0.25) is 5.91 Å². The van der Waals surface area contributed by atoms with Crippen molar-refractivity contribution in [2.24, 2.45) is 0 Å². The van der Waals surface area contributed by atoms with Crippen LogP contribution in [0.15, 0.2) is 42.5 Å². The van der Waals surface area contributed by atoms with Gasteiger partial charge in [0.15, 0.2) is 0 Å². The number of carbonyl (C=O) groups excluding carboxylic acids is 1. The van der Waals surface area contributed by atoms with Crippen LogP contribution in [-0.4, -0.2) is 11.7 Å². The summed E-state index contributed by atoms with van der Waals surface area (Å²) in [5.41, 5.74) is 4.52. The zero-order chi connectivity index (χ0) is 17.7. The quantitative estimate of drug-likeness (QED) is 0.727. The van der Waals surface area contributed by atoms with E-state index in [1.165, 1.54) is 11.1 Å². The molecule has 1 amide bonds. The summed E-state index contributed by atoms with van der Waals surface area (Å²) in [7, 11) is 0. The third-order valence-corrected chi connectivity index (χ3v) is 5.02. The molecule has 0 aromatic heterocycles. The van der Waals surface area contributed by atoms with Crippen LogP contribution in [0.5, 0.6) is 0 Å². The van der Waals surface area contributed by atoms with Gasteiger partial charge in [-0.3, -0.25) is 4.79 Å². The van der Waals surface area contributed by atoms with Crippen LogP contribution >= 0.6 is 23.4 Å². The van der Waals surface area contributed by atoms with E-state index < -0.39 is 0 Å². The molecule has 24 heavy (non-hydrogen) atoms. The third kappa shape index (κ3) is 5.57. The highest BCUT2D eigenvalue weighted by Crippen LogP contribution is 2.24. The summed E-state index contributed by atoms with van der Waals surface area (Å²) < 4.78 is 0. The molecule has 2 nitrogen and oxygen atoms in total. The number of hydrogen-bond acceptors (Lipinski definition) is 2. The molecule has 2 aromatic rings. The average molecular weight is 362 g/mol. The Morgan fingerprint density at radius 2 is 1.79 bits per heavy atom. The number of thioether (sulfide) groups is 1. The first-order valence-corrected chi connectivity index (χ1v) is 9.52. The van der Waals surface area contributed by atoms with Gasteiger partial charge in [0, 0.05) is 16.5 Å². The molecule has 0 atom stereocenters. The summed E-state index contributed by atoms with van der Waals surface area (Å²) in [5, 5.41) is 3.61. The predicted molar refractivity (Wildman–Crippen MR) is 106 cm³/mol. The summed E-state index contributed by atoms with van der Waals surface area (Å²) in [6.07, 6.45) is 0. The Balaban J connectivity index is 1.82. The van der Waals surface area contributed by atoms with Crippen LogP contribution < -0.4 is 5.32 Å². The lowest BCUT2D eigenvalue weighted by atomic mass is 9.87. The zero-order valence-electron chi connectivity index (χ0n) is 14.7. The third-order valence-electron chi connectivity index (χ3n) is 3.78. The van der Waals surface area contributed by atoms with E-state index in [1.807, 2.05) is 19.1 Å². The first-order chi connectivity index (χ1) is 11.3. The first-order valence-electron chi connectivity index (χ1n) is 7.99. The van der Waals surface area contributed by atoms with Crippen LogP contribution in [0.4, 0.5) is 5.69 Å². The van der Waals surface area contributed by atoms with E-state index in [0.29, 0.717) is 10.8 Å². The maximum atomic E-state index is 12.1. The van der Waals surface area contributed by atoms with Crippen LogP contribution in [0.25, 0.3) is 0 Å². The van der Waals surface area contributed by atoms with Crippen LogP contribution in [-0.2, 0) is 16.0 Å². The molecule has 0 fully saturated rings. The highest BCUT2D eigenvalue weighted by molar-refractivity contribution is 7.99. The van der Waals surface area contributed by atoms with Gasteiger partial charge < -0.3 is 5.32 Å². The number of aryl methyl sites for hydroxylation is 1. The molecule has 4 heteroatoms. The maximum absolute atomic E-state index is 12.1. The second-order valence-electron chi connectivity index (χ2n) is 6.95. The second kappa shape index (κ2) is 8.09. The fraction of sp³-hybridized carbons (Fsp3) is 0.350. The number of hydrogen-bond donors (Lipinski definition) is 1. The molecule has 2 aromatic carbocycles. The number of amides is 1. The lowest BCUT2D eigenvalue weighted by molar-refractivity contribution is -0.113. The normalized spacial score (nSPS) is 11.4. The van der Waals surface area contributed by atoms with Gasteiger partial charge >= 0.3 is 0 Å². The van der Waals surface area contributed by atoms with E-state index in [4.69, 9.17) is 11.6 Å². The number of anilines is 1. The monoisotopic (exact) mass is 361 g/mol.